The number of carboxylic acids is 1. The zero-order valence-electron chi connectivity index (χ0n) is 12.5. The molecule has 20 heavy (non-hydrogen) atoms. The van der Waals surface area contributed by atoms with Crippen LogP contribution in [-0.4, -0.2) is 23.5 Å². The second-order valence-corrected chi connectivity index (χ2v) is 5.77. The van der Waals surface area contributed by atoms with Crippen LogP contribution in [0.5, 0.6) is 5.75 Å². The van der Waals surface area contributed by atoms with E-state index in [0.29, 0.717) is 17.9 Å². The average Bonchev–Trinajstić information content (AvgIpc) is 2.29. The minimum atomic E-state index is -0.892. The molecule has 0 fully saturated rings. The van der Waals surface area contributed by atoms with Crippen molar-refractivity contribution >= 4 is 11.8 Å². The summed E-state index contributed by atoms with van der Waals surface area (Å²) in [5.41, 5.74) is 0.939. The zero-order chi connectivity index (χ0) is 15.3. The van der Waals surface area contributed by atoms with Gasteiger partial charge >= 0.3 is 5.97 Å². The van der Waals surface area contributed by atoms with Gasteiger partial charge in [-0.25, -0.2) is 0 Å². The predicted molar refractivity (Wildman–Crippen MR) is 77.3 cm³/mol. The summed E-state index contributed by atoms with van der Waals surface area (Å²) in [6.45, 7) is 7.84. The molecular formula is C16H22O4. The van der Waals surface area contributed by atoms with Crippen molar-refractivity contribution in [1.29, 1.82) is 0 Å². The molecular weight excluding hydrogens is 256 g/mol. The molecule has 0 heterocycles. The summed E-state index contributed by atoms with van der Waals surface area (Å²) < 4.78 is 5.47. The summed E-state index contributed by atoms with van der Waals surface area (Å²) >= 11 is 0. The fourth-order valence-electron chi connectivity index (χ4n) is 2.14. The van der Waals surface area contributed by atoms with Crippen LogP contribution in [0.3, 0.4) is 0 Å². The highest BCUT2D eigenvalue weighted by molar-refractivity contribution is 5.99. The Morgan fingerprint density at radius 1 is 1.25 bits per heavy atom. The number of ether oxygens (including phenoxy) is 1. The van der Waals surface area contributed by atoms with Crippen LogP contribution in [0.1, 0.15) is 49.5 Å². The van der Waals surface area contributed by atoms with E-state index < -0.39 is 11.4 Å². The third-order valence-corrected chi connectivity index (χ3v) is 3.00. The lowest BCUT2D eigenvalue weighted by Gasteiger charge is -2.22. The maximum absolute atomic E-state index is 12.4. The van der Waals surface area contributed by atoms with Gasteiger partial charge in [0.05, 0.1) is 18.6 Å². The van der Waals surface area contributed by atoms with Gasteiger partial charge in [-0.1, -0.05) is 25.5 Å². The molecule has 0 bridgehead atoms. The Hall–Kier alpha value is -1.84. The van der Waals surface area contributed by atoms with E-state index in [9.17, 15) is 9.59 Å². The number of rotatable bonds is 7. The Balaban J connectivity index is 2.96. The number of ketones is 1. The van der Waals surface area contributed by atoms with Crippen LogP contribution in [-0.2, 0) is 4.79 Å². The van der Waals surface area contributed by atoms with Gasteiger partial charge in [-0.05, 0) is 31.4 Å². The summed E-state index contributed by atoms with van der Waals surface area (Å²) in [6.07, 6.45) is 0.150. The molecule has 110 valence electrons. The van der Waals surface area contributed by atoms with E-state index >= 15 is 0 Å². The van der Waals surface area contributed by atoms with Crippen molar-refractivity contribution < 1.29 is 19.4 Å². The topological polar surface area (TPSA) is 63.6 Å². The van der Waals surface area contributed by atoms with Gasteiger partial charge in [0.25, 0.3) is 0 Å². The SMILES string of the molecule is CCOc1ccc(C)cc1C(=O)CC(C)(C)CC(=O)O. The van der Waals surface area contributed by atoms with E-state index in [2.05, 4.69) is 0 Å². The summed E-state index contributed by atoms with van der Waals surface area (Å²) in [5.74, 6) is -0.408. The standard InChI is InChI=1S/C16H22O4/c1-5-20-14-7-6-11(2)8-12(14)13(17)9-16(3,4)10-15(18)19/h6-8H,5,9-10H2,1-4H3,(H,18,19). The Kier molecular flexibility index (Phi) is 5.31. The fourth-order valence-corrected chi connectivity index (χ4v) is 2.14. The fraction of sp³-hybridized carbons (Fsp3) is 0.500. The molecule has 0 unspecified atom stereocenters. The molecule has 1 N–H and O–H groups in total. The minimum absolute atomic E-state index is 0.0332. The average molecular weight is 278 g/mol. The van der Waals surface area contributed by atoms with Crippen molar-refractivity contribution in [2.24, 2.45) is 5.41 Å². The Labute approximate surface area is 119 Å². The van der Waals surface area contributed by atoms with E-state index in [1.54, 1.807) is 26.0 Å². The number of carbonyl (C=O) groups excluding carboxylic acids is 1. The molecule has 0 saturated heterocycles. The van der Waals surface area contributed by atoms with Gasteiger partial charge in [0.2, 0.25) is 0 Å². The first-order valence-corrected chi connectivity index (χ1v) is 6.73. The summed E-state index contributed by atoms with van der Waals surface area (Å²) in [7, 11) is 0. The number of carbonyl (C=O) groups is 2. The largest absolute Gasteiger partial charge is 0.493 e. The van der Waals surface area contributed by atoms with E-state index in [1.807, 2.05) is 19.9 Å². The van der Waals surface area contributed by atoms with Crippen molar-refractivity contribution in [3.05, 3.63) is 29.3 Å². The van der Waals surface area contributed by atoms with Gasteiger partial charge in [-0.3, -0.25) is 9.59 Å². The molecule has 0 aliphatic rings. The molecule has 1 aromatic rings. The first-order chi connectivity index (χ1) is 9.25. The third-order valence-electron chi connectivity index (χ3n) is 3.00. The monoisotopic (exact) mass is 278 g/mol. The third kappa shape index (κ3) is 4.68. The van der Waals surface area contributed by atoms with Crippen molar-refractivity contribution in [2.45, 2.75) is 40.5 Å². The van der Waals surface area contributed by atoms with Crippen LogP contribution in [0.15, 0.2) is 18.2 Å². The number of hydrogen-bond acceptors (Lipinski definition) is 3. The lowest BCUT2D eigenvalue weighted by Crippen LogP contribution is -2.21. The molecule has 0 aliphatic heterocycles. The van der Waals surface area contributed by atoms with E-state index in [0.717, 1.165) is 5.56 Å². The number of Topliss-reactive ketones (excluding diaryl/α,β-unsaturated/α-hetero) is 1. The second-order valence-electron chi connectivity index (χ2n) is 5.77. The first-order valence-electron chi connectivity index (χ1n) is 6.73. The van der Waals surface area contributed by atoms with Crippen LogP contribution in [0, 0.1) is 12.3 Å². The Morgan fingerprint density at radius 3 is 2.45 bits per heavy atom. The number of aliphatic carboxylic acids is 1. The van der Waals surface area contributed by atoms with Crippen LogP contribution in [0.4, 0.5) is 0 Å². The highest BCUT2D eigenvalue weighted by Gasteiger charge is 2.27. The lowest BCUT2D eigenvalue weighted by atomic mass is 9.82. The van der Waals surface area contributed by atoms with Gasteiger partial charge in [0, 0.05) is 6.42 Å². The van der Waals surface area contributed by atoms with Crippen molar-refractivity contribution in [3.63, 3.8) is 0 Å². The summed E-state index contributed by atoms with van der Waals surface area (Å²) in [4.78, 5) is 23.2. The zero-order valence-corrected chi connectivity index (χ0v) is 12.5. The first kappa shape index (κ1) is 16.2. The van der Waals surface area contributed by atoms with Gasteiger partial charge in [0.1, 0.15) is 5.75 Å². The van der Waals surface area contributed by atoms with E-state index in [1.165, 1.54) is 0 Å². The van der Waals surface area contributed by atoms with Crippen molar-refractivity contribution in [1.82, 2.24) is 0 Å². The highest BCUT2D eigenvalue weighted by Crippen LogP contribution is 2.30. The highest BCUT2D eigenvalue weighted by atomic mass is 16.5. The second kappa shape index (κ2) is 6.55. The maximum Gasteiger partial charge on any atom is 0.303 e. The molecule has 0 radical (unpaired) electrons. The normalized spacial score (nSPS) is 11.2. The number of carboxylic acid groups (broad SMARTS) is 1. The van der Waals surface area contributed by atoms with Gasteiger partial charge in [0.15, 0.2) is 5.78 Å². The van der Waals surface area contributed by atoms with E-state index in [4.69, 9.17) is 9.84 Å². The van der Waals surface area contributed by atoms with Gasteiger partial charge in [-0.15, -0.1) is 0 Å². The number of benzene rings is 1. The molecule has 1 rings (SSSR count). The van der Waals surface area contributed by atoms with Gasteiger partial charge < -0.3 is 9.84 Å². The Morgan fingerprint density at radius 2 is 1.90 bits per heavy atom. The lowest BCUT2D eigenvalue weighted by molar-refractivity contribution is -0.139. The molecule has 4 nitrogen and oxygen atoms in total. The summed E-state index contributed by atoms with van der Waals surface area (Å²) in [5, 5.41) is 8.88. The number of hydrogen-bond donors (Lipinski definition) is 1. The number of aryl methyl sites for hydroxylation is 1. The minimum Gasteiger partial charge on any atom is -0.493 e. The smallest absolute Gasteiger partial charge is 0.303 e. The predicted octanol–water partition coefficient (Wildman–Crippen LogP) is 3.47. The van der Waals surface area contributed by atoms with Crippen LogP contribution < -0.4 is 4.74 Å². The quantitative estimate of drug-likeness (QED) is 0.776. The molecule has 0 amide bonds. The summed E-state index contributed by atoms with van der Waals surface area (Å²) in [6, 6.07) is 5.48. The molecule has 0 aromatic heterocycles. The van der Waals surface area contributed by atoms with Gasteiger partial charge in [-0.2, -0.15) is 0 Å². The van der Waals surface area contributed by atoms with Crippen LogP contribution >= 0.6 is 0 Å². The van der Waals surface area contributed by atoms with E-state index in [-0.39, 0.29) is 18.6 Å². The molecule has 1 aromatic carbocycles. The molecule has 4 heteroatoms. The molecule has 0 atom stereocenters. The maximum atomic E-state index is 12.4. The Bertz CT molecular complexity index is 503. The molecule has 0 saturated carbocycles. The molecule has 0 spiro atoms. The molecule has 0 aliphatic carbocycles. The van der Waals surface area contributed by atoms with Crippen LogP contribution in [0.2, 0.25) is 0 Å². The van der Waals surface area contributed by atoms with Crippen LogP contribution in [0.25, 0.3) is 0 Å². The van der Waals surface area contributed by atoms with Crippen molar-refractivity contribution in [2.75, 3.05) is 6.61 Å². The van der Waals surface area contributed by atoms with Crippen molar-refractivity contribution in [3.8, 4) is 5.75 Å².